The van der Waals surface area contributed by atoms with Gasteiger partial charge < -0.3 is 10.0 Å². The lowest BCUT2D eigenvalue weighted by molar-refractivity contribution is -0.384. The molecule has 0 saturated carbocycles. The fourth-order valence-corrected chi connectivity index (χ4v) is 2.19. The van der Waals surface area contributed by atoms with Gasteiger partial charge in [0, 0.05) is 12.6 Å². The van der Waals surface area contributed by atoms with Crippen LogP contribution in [0.5, 0.6) is 0 Å². The molecule has 0 amide bonds. The predicted molar refractivity (Wildman–Crippen MR) is 63.9 cm³/mol. The van der Waals surface area contributed by atoms with Gasteiger partial charge in [-0.1, -0.05) is 11.6 Å². The summed E-state index contributed by atoms with van der Waals surface area (Å²) in [6.07, 6.45) is 1.10. The number of carbonyl (C=O) groups is 1. The first-order chi connectivity index (χ1) is 8.50. The van der Waals surface area contributed by atoms with Gasteiger partial charge in [0.1, 0.15) is 11.2 Å². The quantitative estimate of drug-likeness (QED) is 0.510. The van der Waals surface area contributed by atoms with Gasteiger partial charge >= 0.3 is 11.7 Å². The Balaban J connectivity index is 2.46. The molecule has 96 valence electrons. The number of halogens is 1. The van der Waals surface area contributed by atoms with Gasteiger partial charge in [0.25, 0.3) is 0 Å². The minimum Gasteiger partial charge on any atom is -0.480 e. The second-order valence-electron chi connectivity index (χ2n) is 3.92. The van der Waals surface area contributed by atoms with Gasteiger partial charge in [-0.05, 0) is 18.9 Å². The molecule has 0 bridgehead atoms. The second kappa shape index (κ2) is 4.77. The van der Waals surface area contributed by atoms with E-state index in [0.717, 1.165) is 0 Å². The first-order valence-electron chi connectivity index (χ1n) is 5.31. The fraction of sp³-hybridized carbons (Fsp3) is 0.400. The van der Waals surface area contributed by atoms with Crippen molar-refractivity contribution in [1.82, 2.24) is 4.98 Å². The van der Waals surface area contributed by atoms with Crippen LogP contribution in [0.25, 0.3) is 0 Å². The van der Waals surface area contributed by atoms with E-state index in [9.17, 15) is 14.9 Å². The summed E-state index contributed by atoms with van der Waals surface area (Å²) in [6, 6.07) is 1.77. The number of aliphatic carboxylic acids is 1. The van der Waals surface area contributed by atoms with Crippen LogP contribution in [0.3, 0.4) is 0 Å². The Labute approximate surface area is 107 Å². The molecule has 0 aliphatic carbocycles. The lowest BCUT2D eigenvalue weighted by Crippen LogP contribution is -2.36. The van der Waals surface area contributed by atoms with Crippen LogP contribution >= 0.6 is 11.6 Å². The Morgan fingerprint density at radius 2 is 2.33 bits per heavy atom. The van der Waals surface area contributed by atoms with E-state index in [1.807, 2.05) is 0 Å². The number of nitro groups is 1. The van der Waals surface area contributed by atoms with Crippen molar-refractivity contribution in [2.45, 2.75) is 18.9 Å². The molecule has 2 heterocycles. The van der Waals surface area contributed by atoms with Gasteiger partial charge in [0.2, 0.25) is 5.82 Å². The number of nitrogens with zero attached hydrogens (tertiary/aromatic N) is 3. The second-order valence-corrected chi connectivity index (χ2v) is 4.31. The first-order valence-corrected chi connectivity index (χ1v) is 5.69. The van der Waals surface area contributed by atoms with Crippen molar-refractivity contribution in [3.05, 3.63) is 27.4 Å². The van der Waals surface area contributed by atoms with E-state index in [1.54, 1.807) is 0 Å². The van der Waals surface area contributed by atoms with Crippen LogP contribution in [0.1, 0.15) is 12.8 Å². The molecular weight excluding hydrogens is 262 g/mol. The number of pyridine rings is 1. The van der Waals surface area contributed by atoms with Crippen LogP contribution < -0.4 is 4.90 Å². The summed E-state index contributed by atoms with van der Waals surface area (Å²) in [5.74, 6) is -0.985. The highest BCUT2D eigenvalue weighted by molar-refractivity contribution is 6.29. The smallest absolute Gasteiger partial charge is 0.326 e. The minimum atomic E-state index is -1.01. The zero-order valence-electron chi connectivity index (χ0n) is 9.24. The van der Waals surface area contributed by atoms with E-state index in [2.05, 4.69) is 4.98 Å². The lowest BCUT2D eigenvalue weighted by Gasteiger charge is -2.22. The Morgan fingerprint density at radius 3 is 2.94 bits per heavy atom. The van der Waals surface area contributed by atoms with Gasteiger partial charge in [0.05, 0.1) is 4.92 Å². The van der Waals surface area contributed by atoms with E-state index >= 15 is 0 Å². The van der Waals surface area contributed by atoms with Gasteiger partial charge in [-0.25, -0.2) is 9.78 Å². The maximum atomic E-state index is 11.1. The molecule has 2 rings (SSSR count). The van der Waals surface area contributed by atoms with Crippen molar-refractivity contribution in [1.29, 1.82) is 0 Å². The maximum Gasteiger partial charge on any atom is 0.326 e. The van der Waals surface area contributed by atoms with E-state index in [0.29, 0.717) is 19.4 Å². The van der Waals surface area contributed by atoms with Crippen LogP contribution in [-0.2, 0) is 4.79 Å². The van der Waals surface area contributed by atoms with Crippen molar-refractivity contribution in [3.8, 4) is 0 Å². The van der Waals surface area contributed by atoms with Gasteiger partial charge in [-0.3, -0.25) is 10.1 Å². The SMILES string of the molecule is O=C(O)C1CCCN1c1nc(Cl)ccc1[N+](=O)[O-]. The van der Waals surface area contributed by atoms with Crippen LogP contribution in [-0.4, -0.2) is 33.6 Å². The van der Waals surface area contributed by atoms with Gasteiger partial charge in [-0.2, -0.15) is 0 Å². The average molecular weight is 272 g/mol. The molecule has 1 N–H and O–H groups in total. The highest BCUT2D eigenvalue weighted by atomic mass is 35.5. The van der Waals surface area contributed by atoms with E-state index in [1.165, 1.54) is 17.0 Å². The molecule has 1 saturated heterocycles. The number of aromatic nitrogens is 1. The Bertz CT molecular complexity index is 508. The molecule has 1 aliphatic rings. The summed E-state index contributed by atoms with van der Waals surface area (Å²) < 4.78 is 0. The number of rotatable bonds is 3. The topological polar surface area (TPSA) is 96.6 Å². The molecule has 1 aromatic heterocycles. The lowest BCUT2D eigenvalue weighted by atomic mass is 10.2. The highest BCUT2D eigenvalue weighted by Crippen LogP contribution is 2.32. The van der Waals surface area contributed by atoms with E-state index < -0.39 is 16.9 Å². The average Bonchev–Trinajstić information content (AvgIpc) is 2.77. The third-order valence-electron chi connectivity index (χ3n) is 2.83. The number of anilines is 1. The Hall–Kier alpha value is -1.89. The predicted octanol–water partition coefficient (Wildman–Crippen LogP) is 1.70. The summed E-state index contributed by atoms with van der Waals surface area (Å²) in [5, 5.41) is 20.1. The molecule has 1 unspecified atom stereocenters. The number of carboxylic acid groups (broad SMARTS) is 1. The molecule has 0 aromatic carbocycles. The molecule has 1 atom stereocenters. The van der Waals surface area contributed by atoms with Crippen molar-refractivity contribution in [2.24, 2.45) is 0 Å². The van der Waals surface area contributed by atoms with E-state index in [-0.39, 0.29) is 16.7 Å². The number of hydrogen-bond donors (Lipinski definition) is 1. The highest BCUT2D eigenvalue weighted by Gasteiger charge is 2.35. The zero-order chi connectivity index (χ0) is 13.3. The molecule has 0 spiro atoms. The number of carboxylic acids is 1. The normalized spacial score (nSPS) is 18.9. The molecular formula is C10H10ClN3O4. The standard InChI is InChI=1S/C10H10ClN3O4/c11-8-4-3-6(14(17)18)9(12-8)13-5-1-2-7(13)10(15)16/h3-4,7H,1-2,5H2,(H,15,16). The molecule has 8 heteroatoms. The van der Waals surface area contributed by atoms with Crippen LogP contribution in [0.2, 0.25) is 5.15 Å². The summed E-state index contributed by atoms with van der Waals surface area (Å²) in [4.78, 5) is 26.7. The minimum absolute atomic E-state index is 0.0254. The zero-order valence-corrected chi connectivity index (χ0v) is 10.0. The van der Waals surface area contributed by atoms with Gasteiger partial charge in [0.15, 0.2) is 0 Å². The maximum absolute atomic E-state index is 11.1. The van der Waals surface area contributed by atoms with Crippen molar-refractivity contribution in [2.75, 3.05) is 11.4 Å². The molecule has 0 radical (unpaired) electrons. The van der Waals surface area contributed by atoms with Crippen molar-refractivity contribution >= 4 is 29.1 Å². The van der Waals surface area contributed by atoms with Crippen LogP contribution in [0.15, 0.2) is 12.1 Å². The van der Waals surface area contributed by atoms with Crippen LogP contribution in [0.4, 0.5) is 11.5 Å². The van der Waals surface area contributed by atoms with Crippen molar-refractivity contribution < 1.29 is 14.8 Å². The Kier molecular flexibility index (Phi) is 3.33. The molecule has 1 fully saturated rings. The Morgan fingerprint density at radius 1 is 1.61 bits per heavy atom. The molecule has 18 heavy (non-hydrogen) atoms. The monoisotopic (exact) mass is 271 g/mol. The summed E-state index contributed by atoms with van der Waals surface area (Å²) in [5.41, 5.74) is -0.229. The molecule has 1 aliphatic heterocycles. The van der Waals surface area contributed by atoms with Gasteiger partial charge in [-0.15, -0.1) is 0 Å². The van der Waals surface area contributed by atoms with E-state index in [4.69, 9.17) is 16.7 Å². The summed E-state index contributed by atoms with van der Waals surface area (Å²) in [6.45, 7) is 0.422. The van der Waals surface area contributed by atoms with Crippen molar-refractivity contribution in [3.63, 3.8) is 0 Å². The molecule has 1 aromatic rings. The fourth-order valence-electron chi connectivity index (χ4n) is 2.05. The first kappa shape index (κ1) is 12.6. The molecule has 7 nitrogen and oxygen atoms in total. The number of hydrogen-bond acceptors (Lipinski definition) is 5. The van der Waals surface area contributed by atoms with Crippen LogP contribution in [0, 0.1) is 10.1 Å². The largest absolute Gasteiger partial charge is 0.480 e. The summed E-state index contributed by atoms with van der Waals surface area (Å²) >= 11 is 5.72. The third kappa shape index (κ3) is 2.21. The third-order valence-corrected chi connectivity index (χ3v) is 3.04. The summed E-state index contributed by atoms with van der Waals surface area (Å²) in [7, 11) is 0.